The first-order valence-electron chi connectivity index (χ1n) is 1.86. The van der Waals surface area contributed by atoms with Crippen molar-refractivity contribution in [2.75, 3.05) is 0 Å². The van der Waals surface area contributed by atoms with Crippen molar-refractivity contribution in [2.24, 2.45) is 0 Å². The van der Waals surface area contributed by atoms with Crippen LogP contribution in [0.25, 0.3) is 0 Å². The summed E-state index contributed by atoms with van der Waals surface area (Å²) >= 11 is 5.00. The zero-order chi connectivity index (χ0) is 5.28. The van der Waals surface area contributed by atoms with E-state index in [2.05, 4.69) is 20.9 Å². The Morgan fingerprint density at radius 2 is 2.57 bits per heavy atom. The predicted octanol–water partition coefficient (Wildman–Crippen LogP) is 0.231. The number of nitrogens with zero attached hydrogens (tertiary/aromatic N) is 1. The Morgan fingerprint density at radius 3 is 2.71 bits per heavy atom. The molecule has 0 radical (unpaired) electrons. The average molecular weight is 154 g/mol. The van der Waals surface area contributed by atoms with Gasteiger partial charge in [0.05, 0.1) is 0 Å². The van der Waals surface area contributed by atoms with Gasteiger partial charge in [-0.15, -0.1) is 0 Å². The fourth-order valence-corrected chi connectivity index (χ4v) is 0.468. The first kappa shape index (κ1) is 5.42. The van der Waals surface area contributed by atoms with Crippen molar-refractivity contribution in [3.05, 3.63) is 11.0 Å². The Hall–Kier alpha value is 0.287. The van der Waals surface area contributed by atoms with Crippen LogP contribution in [0, 0.1) is 0 Å². The molecular formula is C3HBrLiNO. The molecule has 0 spiro atoms. The van der Waals surface area contributed by atoms with Crippen molar-refractivity contribution in [1.29, 1.82) is 0 Å². The molecule has 0 N–H and O–H groups in total. The summed E-state index contributed by atoms with van der Waals surface area (Å²) in [5, 5.41) is 0. The van der Waals surface area contributed by atoms with Gasteiger partial charge in [-0.3, -0.25) is 0 Å². The SMILES string of the molecule is [Li][c]1ocnc1Br. The van der Waals surface area contributed by atoms with E-state index in [4.69, 9.17) is 4.42 Å². The first-order valence-corrected chi connectivity index (χ1v) is 2.65. The molecule has 1 aromatic heterocycles. The molecule has 0 atom stereocenters. The van der Waals surface area contributed by atoms with E-state index in [0.717, 1.165) is 9.04 Å². The van der Waals surface area contributed by atoms with Crippen LogP contribution >= 0.6 is 15.9 Å². The monoisotopic (exact) mass is 153 g/mol. The topological polar surface area (TPSA) is 26.0 Å². The van der Waals surface area contributed by atoms with E-state index in [0.29, 0.717) is 0 Å². The van der Waals surface area contributed by atoms with Gasteiger partial charge < -0.3 is 0 Å². The van der Waals surface area contributed by atoms with Crippen molar-refractivity contribution in [2.45, 2.75) is 0 Å². The van der Waals surface area contributed by atoms with Gasteiger partial charge in [0.1, 0.15) is 0 Å². The van der Waals surface area contributed by atoms with Crippen LogP contribution in [-0.2, 0) is 0 Å². The van der Waals surface area contributed by atoms with E-state index in [1.165, 1.54) is 6.39 Å². The number of hydrogen-bond donors (Lipinski definition) is 0. The van der Waals surface area contributed by atoms with Crippen LogP contribution in [0.1, 0.15) is 0 Å². The van der Waals surface area contributed by atoms with Crippen molar-refractivity contribution >= 4 is 38.1 Å². The maximum absolute atomic E-state index is 4.81. The standard InChI is InChI=1S/C3HBrNO.Li/c4-3-1-6-2-5-3;/h2H;. The third kappa shape index (κ3) is 1.09. The van der Waals surface area contributed by atoms with Crippen LogP contribution in [0.2, 0.25) is 0 Å². The van der Waals surface area contributed by atoms with Crippen LogP contribution < -0.4 is 4.43 Å². The normalized spacial score (nSPS) is 9.57. The number of rotatable bonds is 0. The molecule has 0 fully saturated rings. The van der Waals surface area contributed by atoms with Crippen molar-refractivity contribution in [1.82, 2.24) is 4.98 Å². The molecule has 0 saturated heterocycles. The second-order valence-corrected chi connectivity index (χ2v) is 1.95. The molecule has 0 amide bonds. The Balaban J connectivity index is 3.12. The molecule has 32 valence electrons. The van der Waals surface area contributed by atoms with E-state index in [1.54, 1.807) is 0 Å². The Labute approximate surface area is 58.6 Å². The zero-order valence-corrected chi connectivity index (χ0v) is 5.40. The summed E-state index contributed by atoms with van der Waals surface area (Å²) in [5.41, 5.74) is 0. The van der Waals surface area contributed by atoms with Crippen molar-refractivity contribution < 1.29 is 4.42 Å². The van der Waals surface area contributed by atoms with Gasteiger partial charge in [-0.05, 0) is 0 Å². The predicted molar refractivity (Wildman–Crippen MR) is 29.6 cm³/mol. The van der Waals surface area contributed by atoms with Crippen LogP contribution in [0.5, 0.6) is 0 Å². The Kier molecular flexibility index (Phi) is 1.58. The van der Waals surface area contributed by atoms with Crippen molar-refractivity contribution in [3.8, 4) is 0 Å². The van der Waals surface area contributed by atoms with Crippen LogP contribution in [0.15, 0.2) is 15.4 Å². The molecular weight excluding hydrogens is 153 g/mol. The van der Waals surface area contributed by atoms with Gasteiger partial charge in [-0.25, -0.2) is 0 Å². The van der Waals surface area contributed by atoms with E-state index in [9.17, 15) is 0 Å². The first-order chi connectivity index (χ1) is 3.30. The molecule has 0 aliphatic heterocycles. The van der Waals surface area contributed by atoms with E-state index in [-0.39, 0.29) is 0 Å². The van der Waals surface area contributed by atoms with Crippen molar-refractivity contribution in [3.63, 3.8) is 0 Å². The van der Waals surface area contributed by atoms with E-state index in [1.807, 2.05) is 17.7 Å². The second kappa shape index (κ2) is 2.04. The third-order valence-corrected chi connectivity index (χ3v) is 1.45. The molecule has 0 aliphatic carbocycles. The van der Waals surface area contributed by atoms with E-state index < -0.39 is 0 Å². The summed E-state index contributed by atoms with van der Waals surface area (Å²) in [6.07, 6.45) is 1.40. The Bertz CT molecular complexity index is 147. The number of hydrogen-bond acceptors (Lipinski definition) is 2. The molecule has 0 aromatic carbocycles. The van der Waals surface area contributed by atoms with Crippen LogP contribution in [-0.4, -0.2) is 22.7 Å². The molecule has 4 heteroatoms. The molecule has 0 unspecified atom stereocenters. The molecule has 1 heterocycles. The Morgan fingerprint density at radius 1 is 1.86 bits per heavy atom. The van der Waals surface area contributed by atoms with Gasteiger partial charge in [0.25, 0.3) is 0 Å². The van der Waals surface area contributed by atoms with Gasteiger partial charge in [0, 0.05) is 0 Å². The summed E-state index contributed by atoms with van der Waals surface area (Å²) < 4.78 is 6.41. The van der Waals surface area contributed by atoms with Gasteiger partial charge in [0.15, 0.2) is 0 Å². The molecule has 0 saturated carbocycles. The number of aromatic nitrogens is 1. The fraction of sp³-hybridized carbons (Fsp3) is 0. The summed E-state index contributed by atoms with van der Waals surface area (Å²) in [6, 6.07) is 0. The van der Waals surface area contributed by atoms with Gasteiger partial charge in [0.2, 0.25) is 0 Å². The summed E-state index contributed by atoms with van der Waals surface area (Å²) in [5.74, 6) is 0. The summed E-state index contributed by atoms with van der Waals surface area (Å²) in [7, 11) is 0. The number of halogens is 1. The molecule has 0 aliphatic rings. The molecule has 0 bridgehead atoms. The second-order valence-electron chi connectivity index (χ2n) is 1.20. The summed E-state index contributed by atoms with van der Waals surface area (Å²) in [6.45, 7) is 0. The quantitative estimate of drug-likeness (QED) is 0.500. The molecule has 1 rings (SSSR count). The van der Waals surface area contributed by atoms with Crippen LogP contribution in [0.4, 0.5) is 0 Å². The van der Waals surface area contributed by atoms with Gasteiger partial charge >= 0.3 is 58.5 Å². The zero-order valence-electron chi connectivity index (χ0n) is 3.81. The average Bonchev–Trinajstić information content (AvgIpc) is 1.91. The molecule has 2 nitrogen and oxygen atoms in total. The third-order valence-electron chi connectivity index (χ3n) is 0.686. The minimum absolute atomic E-state index is 0.785. The van der Waals surface area contributed by atoms with Crippen LogP contribution in [0.3, 0.4) is 0 Å². The minimum atomic E-state index is 0.785. The summed E-state index contributed by atoms with van der Waals surface area (Å²) in [4.78, 5) is 3.77. The van der Waals surface area contributed by atoms with E-state index >= 15 is 0 Å². The number of oxazole rings is 1. The fourth-order valence-electron chi connectivity index (χ4n) is 0.291. The molecule has 1 aromatic rings. The van der Waals surface area contributed by atoms with Gasteiger partial charge in [-0.1, -0.05) is 0 Å². The van der Waals surface area contributed by atoms with Gasteiger partial charge in [-0.2, -0.15) is 0 Å². The molecule has 7 heavy (non-hydrogen) atoms. The maximum atomic E-state index is 4.81.